The van der Waals surface area contributed by atoms with Gasteiger partial charge in [0.1, 0.15) is 5.75 Å². The first kappa shape index (κ1) is 21.5. The maximum absolute atomic E-state index is 12.7. The van der Waals surface area contributed by atoms with Crippen LogP contribution in [0.1, 0.15) is 13.3 Å². The molecular formula is C19H19ClN2O5S2. The van der Waals surface area contributed by atoms with E-state index in [9.17, 15) is 18.0 Å². The normalized spacial score (nSPS) is 16.0. The van der Waals surface area contributed by atoms with Crippen molar-refractivity contribution in [2.45, 2.75) is 28.4 Å². The van der Waals surface area contributed by atoms with E-state index in [0.29, 0.717) is 22.1 Å². The molecule has 2 amide bonds. The van der Waals surface area contributed by atoms with Gasteiger partial charge in [-0.05, 0) is 43.3 Å². The van der Waals surface area contributed by atoms with Crippen molar-refractivity contribution in [1.29, 1.82) is 0 Å². The monoisotopic (exact) mass is 454 g/mol. The van der Waals surface area contributed by atoms with E-state index in [0.717, 1.165) is 4.90 Å². The molecule has 154 valence electrons. The maximum Gasteiger partial charge on any atom is 0.237 e. The SMILES string of the molecule is COc1ccc(Cl)cc1NC(=O)CCS(=O)(=O)c1ccc2c(c1)NC(=O)[C@@H](C)S2. The van der Waals surface area contributed by atoms with E-state index in [1.165, 1.54) is 37.1 Å². The Balaban J connectivity index is 1.69. The zero-order chi connectivity index (χ0) is 21.2. The summed E-state index contributed by atoms with van der Waals surface area (Å²) in [6.07, 6.45) is -0.243. The number of hydrogen-bond donors (Lipinski definition) is 2. The first-order valence-corrected chi connectivity index (χ1v) is 11.6. The molecule has 3 rings (SSSR count). The molecular weight excluding hydrogens is 436 g/mol. The van der Waals surface area contributed by atoms with Crippen LogP contribution in [0.15, 0.2) is 46.2 Å². The maximum atomic E-state index is 12.7. The molecule has 0 fully saturated rings. The number of sulfone groups is 1. The number of methoxy groups -OCH3 is 1. The minimum absolute atomic E-state index is 0.0554. The summed E-state index contributed by atoms with van der Waals surface area (Å²) < 4.78 is 30.5. The lowest BCUT2D eigenvalue weighted by atomic mass is 10.3. The largest absolute Gasteiger partial charge is 0.495 e. The van der Waals surface area contributed by atoms with Gasteiger partial charge in [-0.1, -0.05) is 11.6 Å². The number of nitrogens with one attached hydrogen (secondary N) is 2. The smallest absolute Gasteiger partial charge is 0.237 e. The van der Waals surface area contributed by atoms with E-state index < -0.39 is 15.7 Å². The predicted octanol–water partition coefficient (Wildman–Crippen LogP) is 3.58. The van der Waals surface area contributed by atoms with Gasteiger partial charge < -0.3 is 15.4 Å². The van der Waals surface area contributed by atoms with Gasteiger partial charge in [-0.25, -0.2) is 8.42 Å². The Morgan fingerprint density at radius 2 is 2.03 bits per heavy atom. The minimum atomic E-state index is -3.71. The molecule has 29 heavy (non-hydrogen) atoms. The zero-order valence-electron chi connectivity index (χ0n) is 15.7. The molecule has 0 aromatic heterocycles. The lowest BCUT2D eigenvalue weighted by Gasteiger charge is -2.21. The molecule has 0 bridgehead atoms. The van der Waals surface area contributed by atoms with E-state index in [1.54, 1.807) is 25.1 Å². The number of carbonyl (C=O) groups excluding carboxylic acids is 2. The van der Waals surface area contributed by atoms with Crippen LogP contribution in [0.3, 0.4) is 0 Å². The van der Waals surface area contributed by atoms with Gasteiger partial charge in [-0.15, -0.1) is 11.8 Å². The van der Waals surface area contributed by atoms with E-state index >= 15 is 0 Å². The first-order chi connectivity index (χ1) is 13.7. The highest BCUT2D eigenvalue weighted by Crippen LogP contribution is 2.37. The molecule has 1 aliphatic rings. The number of anilines is 2. The molecule has 0 unspecified atom stereocenters. The Bertz CT molecular complexity index is 1070. The molecule has 2 N–H and O–H groups in total. The molecule has 0 aliphatic carbocycles. The van der Waals surface area contributed by atoms with Crippen molar-refractivity contribution < 1.29 is 22.7 Å². The molecule has 0 saturated heterocycles. The van der Waals surface area contributed by atoms with Crippen molar-refractivity contribution in [3.05, 3.63) is 41.4 Å². The average molecular weight is 455 g/mol. The average Bonchev–Trinajstić information content (AvgIpc) is 2.67. The highest BCUT2D eigenvalue weighted by Gasteiger charge is 2.25. The van der Waals surface area contributed by atoms with E-state index in [2.05, 4.69) is 10.6 Å². The predicted molar refractivity (Wildman–Crippen MR) is 114 cm³/mol. The van der Waals surface area contributed by atoms with Crippen molar-refractivity contribution >= 4 is 56.4 Å². The summed E-state index contributed by atoms with van der Waals surface area (Å²) in [7, 11) is -2.26. The highest BCUT2D eigenvalue weighted by molar-refractivity contribution is 8.01. The molecule has 1 aliphatic heterocycles. The van der Waals surface area contributed by atoms with E-state index in [1.807, 2.05) is 0 Å². The Morgan fingerprint density at radius 1 is 1.28 bits per heavy atom. The zero-order valence-corrected chi connectivity index (χ0v) is 18.1. The topological polar surface area (TPSA) is 102 Å². The van der Waals surface area contributed by atoms with E-state index in [-0.39, 0.29) is 28.2 Å². The fraction of sp³-hybridized carbons (Fsp3) is 0.263. The quantitative estimate of drug-likeness (QED) is 0.691. The number of halogens is 1. The molecule has 7 nitrogen and oxygen atoms in total. The Hall–Kier alpha value is -2.23. The number of rotatable bonds is 6. The van der Waals surface area contributed by atoms with Gasteiger partial charge in [-0.3, -0.25) is 9.59 Å². The molecule has 0 radical (unpaired) electrons. The number of hydrogen-bond acceptors (Lipinski definition) is 6. The molecule has 1 atom stereocenters. The Kier molecular flexibility index (Phi) is 6.40. The number of amides is 2. The fourth-order valence-electron chi connectivity index (χ4n) is 2.72. The molecule has 2 aromatic carbocycles. The molecule has 0 spiro atoms. The standard InChI is InChI=1S/C19H19ClN2O5S2/c1-11-19(24)22-15-10-13(4-6-17(15)28-11)29(25,26)8-7-18(23)21-14-9-12(20)3-5-16(14)27-2/h3-6,9-11H,7-8H2,1-2H3,(H,21,23)(H,22,24)/t11-/m1/s1. The summed E-state index contributed by atoms with van der Waals surface area (Å²) in [5.41, 5.74) is 0.831. The van der Waals surface area contributed by atoms with Gasteiger partial charge >= 0.3 is 0 Å². The second-order valence-electron chi connectivity index (χ2n) is 6.37. The van der Waals surface area contributed by atoms with Gasteiger partial charge in [0.2, 0.25) is 11.8 Å². The number of fused-ring (bicyclic) bond motifs is 1. The molecule has 1 heterocycles. The second kappa shape index (κ2) is 8.64. The summed E-state index contributed by atoms with van der Waals surface area (Å²) in [6.45, 7) is 1.78. The number of carbonyl (C=O) groups is 2. The summed E-state index contributed by atoms with van der Waals surface area (Å²) in [4.78, 5) is 24.9. The van der Waals surface area contributed by atoms with Crippen molar-refractivity contribution in [2.75, 3.05) is 23.5 Å². The van der Waals surface area contributed by atoms with Gasteiger partial charge in [0.15, 0.2) is 9.84 Å². The molecule has 10 heteroatoms. The Labute approximate surface area is 178 Å². The third-order valence-corrected chi connectivity index (χ3v) is 7.40. The lowest BCUT2D eigenvalue weighted by molar-refractivity contribution is -0.116. The van der Waals surface area contributed by atoms with Crippen LogP contribution in [-0.4, -0.2) is 38.3 Å². The summed E-state index contributed by atoms with van der Waals surface area (Å²) in [5.74, 6) is -0.614. The van der Waals surface area contributed by atoms with Crippen LogP contribution >= 0.6 is 23.4 Å². The third kappa shape index (κ3) is 5.04. The van der Waals surface area contributed by atoms with Crippen molar-refractivity contribution in [3.63, 3.8) is 0 Å². The van der Waals surface area contributed by atoms with Crippen LogP contribution in [0, 0.1) is 0 Å². The second-order valence-corrected chi connectivity index (χ2v) is 10.3. The van der Waals surface area contributed by atoms with Crippen LogP contribution in [0.25, 0.3) is 0 Å². The summed E-state index contributed by atoms with van der Waals surface area (Å²) >= 11 is 7.30. The minimum Gasteiger partial charge on any atom is -0.495 e. The number of benzene rings is 2. The first-order valence-electron chi connectivity index (χ1n) is 8.67. The van der Waals surface area contributed by atoms with Gasteiger partial charge in [0.25, 0.3) is 0 Å². The lowest BCUT2D eigenvalue weighted by Crippen LogP contribution is -2.26. The van der Waals surface area contributed by atoms with Crippen LogP contribution in [-0.2, 0) is 19.4 Å². The van der Waals surface area contributed by atoms with Crippen LogP contribution in [0.2, 0.25) is 5.02 Å². The summed E-state index contributed by atoms with van der Waals surface area (Å²) in [5, 5.41) is 5.50. The van der Waals surface area contributed by atoms with Crippen LogP contribution in [0.5, 0.6) is 5.75 Å². The van der Waals surface area contributed by atoms with Crippen molar-refractivity contribution in [3.8, 4) is 5.75 Å². The van der Waals surface area contributed by atoms with Gasteiger partial charge in [0.05, 0.1) is 34.4 Å². The van der Waals surface area contributed by atoms with Crippen LogP contribution < -0.4 is 15.4 Å². The van der Waals surface area contributed by atoms with Gasteiger partial charge in [0, 0.05) is 16.3 Å². The Morgan fingerprint density at radius 3 is 2.76 bits per heavy atom. The van der Waals surface area contributed by atoms with Crippen molar-refractivity contribution in [2.24, 2.45) is 0 Å². The molecule has 2 aromatic rings. The van der Waals surface area contributed by atoms with Crippen LogP contribution in [0.4, 0.5) is 11.4 Å². The van der Waals surface area contributed by atoms with E-state index in [4.69, 9.17) is 16.3 Å². The third-order valence-electron chi connectivity index (χ3n) is 4.27. The van der Waals surface area contributed by atoms with Crippen molar-refractivity contribution in [1.82, 2.24) is 0 Å². The number of ether oxygens (including phenoxy) is 1. The summed E-state index contributed by atoms with van der Waals surface area (Å²) in [6, 6.07) is 9.34. The number of thioether (sulfide) groups is 1. The molecule has 0 saturated carbocycles. The van der Waals surface area contributed by atoms with Gasteiger partial charge in [-0.2, -0.15) is 0 Å². The highest BCUT2D eigenvalue weighted by atomic mass is 35.5. The fourth-order valence-corrected chi connectivity index (χ4v) is 5.08.